The summed E-state index contributed by atoms with van der Waals surface area (Å²) in [5, 5.41) is 3.03. The highest BCUT2D eigenvalue weighted by Gasteiger charge is 2.30. The molecule has 1 heterocycles. The Labute approximate surface area is 97.3 Å². The van der Waals surface area contributed by atoms with Crippen molar-refractivity contribution in [3.63, 3.8) is 0 Å². The lowest BCUT2D eigenvalue weighted by Crippen LogP contribution is -2.40. The van der Waals surface area contributed by atoms with Gasteiger partial charge in [-0.25, -0.2) is 0 Å². The SMILES string of the molecule is COCC(=O)NC1CCN(C2CCCC2)C1. The van der Waals surface area contributed by atoms with Gasteiger partial charge in [0, 0.05) is 32.3 Å². The van der Waals surface area contributed by atoms with Gasteiger partial charge in [0.2, 0.25) is 5.91 Å². The summed E-state index contributed by atoms with van der Waals surface area (Å²) in [4.78, 5) is 13.9. The molecule has 2 rings (SSSR count). The van der Waals surface area contributed by atoms with Gasteiger partial charge in [0.15, 0.2) is 0 Å². The molecule has 2 aliphatic rings. The van der Waals surface area contributed by atoms with Gasteiger partial charge in [-0.3, -0.25) is 9.69 Å². The van der Waals surface area contributed by atoms with Crippen LogP contribution in [-0.4, -0.2) is 49.7 Å². The monoisotopic (exact) mass is 226 g/mol. The van der Waals surface area contributed by atoms with Crippen LogP contribution >= 0.6 is 0 Å². The van der Waals surface area contributed by atoms with Gasteiger partial charge in [0.25, 0.3) is 0 Å². The van der Waals surface area contributed by atoms with Gasteiger partial charge >= 0.3 is 0 Å². The maximum absolute atomic E-state index is 11.4. The lowest BCUT2D eigenvalue weighted by atomic mass is 10.2. The third kappa shape index (κ3) is 2.95. The van der Waals surface area contributed by atoms with Crippen LogP contribution < -0.4 is 5.32 Å². The smallest absolute Gasteiger partial charge is 0.246 e. The van der Waals surface area contributed by atoms with Crippen LogP contribution in [0.3, 0.4) is 0 Å². The van der Waals surface area contributed by atoms with E-state index in [2.05, 4.69) is 10.2 Å². The zero-order valence-electron chi connectivity index (χ0n) is 10.1. The molecule has 0 bridgehead atoms. The lowest BCUT2D eigenvalue weighted by Gasteiger charge is -2.23. The average Bonchev–Trinajstić information content (AvgIpc) is 2.86. The summed E-state index contributed by atoms with van der Waals surface area (Å²) in [6.07, 6.45) is 6.53. The minimum Gasteiger partial charge on any atom is -0.375 e. The Morgan fingerprint density at radius 2 is 2.12 bits per heavy atom. The minimum absolute atomic E-state index is 0.0146. The van der Waals surface area contributed by atoms with E-state index < -0.39 is 0 Å². The van der Waals surface area contributed by atoms with Gasteiger partial charge < -0.3 is 10.1 Å². The fraction of sp³-hybridized carbons (Fsp3) is 0.917. The van der Waals surface area contributed by atoms with E-state index in [1.807, 2.05) is 0 Å². The van der Waals surface area contributed by atoms with Crippen LogP contribution in [0, 0.1) is 0 Å². The summed E-state index contributed by atoms with van der Waals surface area (Å²) in [7, 11) is 1.55. The number of methoxy groups -OCH3 is 1. The molecule has 0 aromatic carbocycles. The molecule has 1 aliphatic heterocycles. The van der Waals surface area contributed by atoms with Gasteiger partial charge in [0.1, 0.15) is 6.61 Å². The molecule has 0 spiro atoms. The highest BCUT2D eigenvalue weighted by atomic mass is 16.5. The highest BCUT2D eigenvalue weighted by molar-refractivity contribution is 5.77. The Kier molecular flexibility index (Phi) is 4.18. The maximum Gasteiger partial charge on any atom is 0.246 e. The first-order valence-electron chi connectivity index (χ1n) is 6.32. The number of hydrogen-bond donors (Lipinski definition) is 1. The maximum atomic E-state index is 11.4. The Bertz CT molecular complexity index is 239. The van der Waals surface area contributed by atoms with Crippen LogP contribution in [0.25, 0.3) is 0 Å². The van der Waals surface area contributed by atoms with E-state index >= 15 is 0 Å². The van der Waals surface area contributed by atoms with E-state index in [1.165, 1.54) is 25.7 Å². The third-order valence-electron chi connectivity index (χ3n) is 3.70. The van der Waals surface area contributed by atoms with Gasteiger partial charge in [-0.15, -0.1) is 0 Å². The van der Waals surface area contributed by atoms with Gasteiger partial charge in [-0.2, -0.15) is 0 Å². The molecule has 0 aromatic rings. The van der Waals surface area contributed by atoms with Crippen LogP contribution in [0.15, 0.2) is 0 Å². The number of nitrogens with zero attached hydrogens (tertiary/aromatic N) is 1. The van der Waals surface area contributed by atoms with Crippen LogP contribution in [0.4, 0.5) is 0 Å². The predicted octanol–water partition coefficient (Wildman–Crippen LogP) is 0.766. The fourth-order valence-electron chi connectivity index (χ4n) is 2.91. The summed E-state index contributed by atoms with van der Waals surface area (Å²) < 4.78 is 4.81. The fourth-order valence-corrected chi connectivity index (χ4v) is 2.91. The van der Waals surface area contributed by atoms with Crippen molar-refractivity contribution in [2.45, 2.75) is 44.2 Å². The second kappa shape index (κ2) is 5.64. The molecular formula is C12H22N2O2. The highest BCUT2D eigenvalue weighted by Crippen LogP contribution is 2.26. The number of nitrogens with one attached hydrogen (secondary N) is 1. The molecule has 1 saturated carbocycles. The molecule has 16 heavy (non-hydrogen) atoms. The van der Waals surface area contributed by atoms with Crippen molar-refractivity contribution in [1.82, 2.24) is 10.2 Å². The van der Waals surface area contributed by atoms with Crippen molar-refractivity contribution in [2.75, 3.05) is 26.8 Å². The summed E-state index contributed by atoms with van der Waals surface area (Å²) >= 11 is 0. The molecular weight excluding hydrogens is 204 g/mol. The molecule has 1 amide bonds. The standard InChI is InChI=1S/C12H22N2O2/c1-16-9-12(15)13-10-6-7-14(8-10)11-4-2-3-5-11/h10-11H,2-9H2,1H3,(H,13,15). The summed E-state index contributed by atoms with van der Waals surface area (Å²) in [5.74, 6) is 0.0146. The van der Waals surface area contributed by atoms with Gasteiger partial charge in [0.05, 0.1) is 0 Å². The van der Waals surface area contributed by atoms with Crippen molar-refractivity contribution < 1.29 is 9.53 Å². The molecule has 1 aliphatic carbocycles. The van der Waals surface area contributed by atoms with Crippen molar-refractivity contribution >= 4 is 5.91 Å². The first kappa shape index (κ1) is 11.9. The molecule has 1 unspecified atom stereocenters. The topological polar surface area (TPSA) is 41.6 Å². The summed E-state index contributed by atoms with van der Waals surface area (Å²) in [6, 6.07) is 1.12. The molecule has 0 aromatic heterocycles. The van der Waals surface area contributed by atoms with Crippen molar-refractivity contribution in [1.29, 1.82) is 0 Å². The predicted molar refractivity (Wildman–Crippen MR) is 62.3 cm³/mol. The van der Waals surface area contributed by atoms with E-state index in [-0.39, 0.29) is 12.5 Å². The van der Waals surface area contributed by atoms with E-state index in [0.29, 0.717) is 6.04 Å². The number of hydrogen-bond acceptors (Lipinski definition) is 3. The van der Waals surface area contributed by atoms with E-state index in [1.54, 1.807) is 7.11 Å². The van der Waals surface area contributed by atoms with E-state index in [9.17, 15) is 4.79 Å². The molecule has 1 N–H and O–H groups in total. The number of rotatable bonds is 4. The number of amides is 1. The van der Waals surface area contributed by atoms with Crippen molar-refractivity contribution in [2.24, 2.45) is 0 Å². The molecule has 92 valence electrons. The molecule has 1 atom stereocenters. The Balaban J connectivity index is 1.72. The van der Waals surface area contributed by atoms with E-state index in [0.717, 1.165) is 25.6 Å². The molecule has 0 radical (unpaired) electrons. The second-order valence-electron chi connectivity index (χ2n) is 4.92. The first-order valence-corrected chi connectivity index (χ1v) is 6.32. The summed E-state index contributed by atoms with van der Waals surface area (Å²) in [6.45, 7) is 2.35. The van der Waals surface area contributed by atoms with Crippen molar-refractivity contribution in [3.05, 3.63) is 0 Å². The Hall–Kier alpha value is -0.610. The largest absolute Gasteiger partial charge is 0.375 e. The number of ether oxygens (including phenoxy) is 1. The number of likely N-dealkylation sites (tertiary alicyclic amines) is 1. The van der Waals surface area contributed by atoms with Crippen LogP contribution in [0.5, 0.6) is 0 Å². The minimum atomic E-state index is 0.0146. The number of carbonyl (C=O) groups is 1. The third-order valence-corrected chi connectivity index (χ3v) is 3.70. The quantitative estimate of drug-likeness (QED) is 0.769. The normalized spacial score (nSPS) is 27.4. The molecule has 4 nitrogen and oxygen atoms in total. The van der Waals surface area contributed by atoms with Crippen LogP contribution in [0.2, 0.25) is 0 Å². The number of carbonyl (C=O) groups excluding carboxylic acids is 1. The Morgan fingerprint density at radius 1 is 1.38 bits per heavy atom. The average molecular weight is 226 g/mol. The summed E-state index contributed by atoms with van der Waals surface area (Å²) in [5.41, 5.74) is 0. The molecule has 1 saturated heterocycles. The molecule has 2 fully saturated rings. The Morgan fingerprint density at radius 3 is 2.81 bits per heavy atom. The zero-order chi connectivity index (χ0) is 11.4. The van der Waals surface area contributed by atoms with Crippen molar-refractivity contribution in [3.8, 4) is 0 Å². The van der Waals surface area contributed by atoms with Gasteiger partial charge in [-0.05, 0) is 19.3 Å². The van der Waals surface area contributed by atoms with E-state index in [4.69, 9.17) is 4.74 Å². The van der Waals surface area contributed by atoms with Gasteiger partial charge in [-0.1, -0.05) is 12.8 Å². The van der Waals surface area contributed by atoms with Crippen LogP contribution in [-0.2, 0) is 9.53 Å². The molecule has 4 heteroatoms. The van der Waals surface area contributed by atoms with Crippen LogP contribution in [0.1, 0.15) is 32.1 Å². The second-order valence-corrected chi connectivity index (χ2v) is 4.92. The zero-order valence-corrected chi connectivity index (χ0v) is 10.1. The first-order chi connectivity index (χ1) is 7.79. The lowest BCUT2D eigenvalue weighted by molar-refractivity contribution is -0.125.